The second-order valence-electron chi connectivity index (χ2n) is 13.5. The molecule has 6 atom stereocenters. The van der Waals surface area contributed by atoms with Crippen LogP contribution in [0, 0.1) is 0 Å². The molecular formula is C40H50N8O9. The zero-order chi connectivity index (χ0) is 41.3. The number of nitrogens with two attached hydrogens (primary N) is 2. The Hall–Kier alpha value is -6.30. The number of aromatic nitrogens is 1. The Morgan fingerprint density at radius 2 is 1.44 bits per heavy atom. The van der Waals surface area contributed by atoms with Crippen LogP contribution in [-0.4, -0.2) is 104 Å². The van der Waals surface area contributed by atoms with Gasteiger partial charge in [-0.15, -0.1) is 0 Å². The van der Waals surface area contributed by atoms with E-state index in [2.05, 4.69) is 31.2 Å². The number of aliphatic hydroxyl groups is 3. The number of carboxylic acids is 1. The summed E-state index contributed by atoms with van der Waals surface area (Å²) in [5.74, 6) is -4.61. The van der Waals surface area contributed by atoms with Crippen LogP contribution >= 0.6 is 0 Å². The van der Waals surface area contributed by atoms with Crippen LogP contribution in [0.2, 0.25) is 0 Å². The van der Waals surface area contributed by atoms with Gasteiger partial charge in [0.1, 0.15) is 18.2 Å². The maximum absolute atomic E-state index is 13.5. The van der Waals surface area contributed by atoms with Crippen LogP contribution in [0.1, 0.15) is 48.5 Å². The number of hydrogen-bond acceptors (Lipinski definition) is 9. The fourth-order valence-corrected chi connectivity index (χ4v) is 6.18. The van der Waals surface area contributed by atoms with Gasteiger partial charge < -0.3 is 58.1 Å². The Morgan fingerprint density at radius 3 is 2.12 bits per heavy atom. The Morgan fingerprint density at radius 1 is 0.772 bits per heavy atom. The number of rotatable bonds is 22. The van der Waals surface area contributed by atoms with E-state index in [1.54, 1.807) is 48.7 Å². The first kappa shape index (κ1) is 43.4. The second-order valence-corrected chi connectivity index (χ2v) is 13.5. The van der Waals surface area contributed by atoms with Crippen molar-refractivity contribution in [3.63, 3.8) is 0 Å². The zero-order valence-electron chi connectivity index (χ0n) is 31.2. The van der Waals surface area contributed by atoms with E-state index >= 15 is 0 Å². The quantitative estimate of drug-likeness (QED) is 0.0284. The summed E-state index contributed by atoms with van der Waals surface area (Å²) < 4.78 is 0. The smallest absolute Gasteiger partial charge is 0.329 e. The largest absolute Gasteiger partial charge is 0.480 e. The highest BCUT2D eigenvalue weighted by molar-refractivity contribution is 5.91. The predicted molar refractivity (Wildman–Crippen MR) is 211 cm³/mol. The van der Waals surface area contributed by atoms with Crippen LogP contribution < -0.4 is 32.7 Å². The van der Waals surface area contributed by atoms with Crippen LogP contribution in [0.25, 0.3) is 10.9 Å². The van der Waals surface area contributed by atoms with E-state index < -0.39 is 72.5 Å². The molecule has 17 heteroatoms. The lowest BCUT2D eigenvalue weighted by atomic mass is 9.98. The first-order chi connectivity index (χ1) is 27.3. The number of carbonyl (C=O) groups is 5. The minimum atomic E-state index is -1.77. The topological polar surface area (TPSA) is 295 Å². The lowest BCUT2D eigenvalue weighted by Crippen LogP contribution is -2.54. The van der Waals surface area contributed by atoms with Crippen molar-refractivity contribution in [3.8, 4) is 0 Å². The van der Waals surface area contributed by atoms with Gasteiger partial charge in [-0.3, -0.25) is 24.2 Å². The first-order valence-electron chi connectivity index (χ1n) is 18.5. The molecule has 4 rings (SSSR count). The molecule has 0 unspecified atom stereocenters. The average Bonchev–Trinajstić information content (AvgIpc) is 3.60. The van der Waals surface area contributed by atoms with Gasteiger partial charge in [0, 0.05) is 43.0 Å². The summed E-state index contributed by atoms with van der Waals surface area (Å²) >= 11 is 0. The number of carboxylic acid groups (broad SMARTS) is 1. The van der Waals surface area contributed by atoms with Crippen molar-refractivity contribution in [2.45, 2.75) is 75.0 Å². The number of para-hydroxylation sites is 1. The number of hydrogen-bond donors (Lipinski definition) is 11. The lowest BCUT2D eigenvalue weighted by Gasteiger charge is -2.26. The summed E-state index contributed by atoms with van der Waals surface area (Å²) in [6.45, 7) is -0.0232. The number of aliphatic carboxylic acids is 1. The van der Waals surface area contributed by atoms with Crippen molar-refractivity contribution in [2.75, 3.05) is 13.1 Å². The summed E-state index contributed by atoms with van der Waals surface area (Å²) in [6, 6.07) is 20.1. The number of fused-ring (bicyclic) bond motifs is 1. The number of benzene rings is 3. The molecule has 304 valence electrons. The van der Waals surface area contributed by atoms with Gasteiger partial charge in [0.05, 0.1) is 18.6 Å². The van der Waals surface area contributed by atoms with Crippen molar-refractivity contribution in [3.05, 3.63) is 108 Å². The molecule has 4 amide bonds. The highest BCUT2D eigenvalue weighted by Crippen LogP contribution is 2.21. The van der Waals surface area contributed by atoms with Gasteiger partial charge >= 0.3 is 5.97 Å². The number of nitrogens with one attached hydrogen (secondary N) is 5. The van der Waals surface area contributed by atoms with Crippen molar-refractivity contribution < 1.29 is 44.4 Å². The molecule has 0 saturated carbocycles. The number of nitrogens with zero attached hydrogens (tertiary/aromatic N) is 1. The fraction of sp³-hybridized carbons (Fsp3) is 0.350. The molecule has 13 N–H and O–H groups in total. The maximum Gasteiger partial charge on any atom is 0.329 e. The summed E-state index contributed by atoms with van der Waals surface area (Å²) in [5.41, 5.74) is 13.4. The van der Waals surface area contributed by atoms with Crippen molar-refractivity contribution in [2.24, 2.45) is 16.5 Å². The molecule has 0 bridgehead atoms. The lowest BCUT2D eigenvalue weighted by molar-refractivity contribution is -0.145. The summed E-state index contributed by atoms with van der Waals surface area (Å²) in [5, 5.41) is 53.4. The van der Waals surface area contributed by atoms with Crippen LogP contribution in [-0.2, 0) is 36.8 Å². The van der Waals surface area contributed by atoms with Crippen molar-refractivity contribution in [1.29, 1.82) is 0 Å². The van der Waals surface area contributed by atoms with E-state index in [0.717, 1.165) is 22.0 Å². The molecule has 17 nitrogen and oxygen atoms in total. The van der Waals surface area contributed by atoms with Gasteiger partial charge in [-0.05, 0) is 42.0 Å². The Bertz CT molecular complexity index is 1970. The monoisotopic (exact) mass is 786 g/mol. The number of aliphatic hydroxyl groups excluding tert-OH is 3. The molecule has 0 aliphatic heterocycles. The van der Waals surface area contributed by atoms with Gasteiger partial charge in [-0.1, -0.05) is 78.9 Å². The summed E-state index contributed by atoms with van der Waals surface area (Å²) in [4.78, 5) is 71.7. The van der Waals surface area contributed by atoms with Gasteiger partial charge in [-0.2, -0.15) is 0 Å². The van der Waals surface area contributed by atoms with Crippen LogP contribution in [0.5, 0.6) is 0 Å². The molecule has 1 heterocycles. The van der Waals surface area contributed by atoms with Crippen LogP contribution in [0.15, 0.2) is 96.1 Å². The van der Waals surface area contributed by atoms with E-state index in [1.807, 2.05) is 30.3 Å². The SMILES string of the molecule is NC(N)=NCCC[C@H](NC(=O)C[C@H](O)[C@@H](Cc1c[nH]c2ccccc12)NC(=O)CCNC(=O)[C@H](O)Cc1ccccc1)C(=O)N[C@@H](C(=O)O)[C@H](O)c1ccccc1. The molecule has 4 aromatic rings. The number of aromatic amines is 1. The van der Waals surface area contributed by atoms with Crippen molar-refractivity contribution >= 4 is 46.5 Å². The molecule has 0 aliphatic rings. The van der Waals surface area contributed by atoms with Crippen LogP contribution in [0.3, 0.4) is 0 Å². The predicted octanol–water partition coefficient (Wildman–Crippen LogP) is -0.102. The Balaban J connectivity index is 1.43. The number of H-pyrrole nitrogens is 1. The van der Waals surface area contributed by atoms with E-state index in [1.165, 1.54) is 12.1 Å². The number of aliphatic imine (C=N–C) groups is 1. The van der Waals surface area contributed by atoms with Gasteiger partial charge in [-0.25, -0.2) is 4.79 Å². The summed E-state index contributed by atoms with van der Waals surface area (Å²) in [6.07, 6.45) is -3.16. The standard InChI is InChI=1S/C40H50N8O9/c41-40(42)44-18-9-16-29(37(54)48-35(39(56)57)36(53)25-12-5-2-6-13-25)46-34(52)22-31(49)30(21-26-23-45-28-15-8-7-14-27(26)28)47-33(51)17-19-43-38(55)32(50)20-24-10-3-1-4-11-24/h1-8,10-15,23,29-32,35-36,45,49-50,53H,9,16-22H2,(H,43,55)(H,46,52)(H,47,51)(H,48,54)(H,56,57)(H4,41,42,44)/t29-,30+,31-,32+,35+,36+/m0/s1. The second kappa shape index (κ2) is 21.7. The Kier molecular flexibility index (Phi) is 16.5. The molecule has 0 spiro atoms. The van der Waals surface area contributed by atoms with Gasteiger partial charge in [0.25, 0.3) is 0 Å². The molecule has 3 aromatic carbocycles. The van der Waals surface area contributed by atoms with Gasteiger partial charge in [0.15, 0.2) is 12.0 Å². The fourth-order valence-electron chi connectivity index (χ4n) is 6.18. The minimum Gasteiger partial charge on any atom is -0.480 e. The molecule has 0 fully saturated rings. The molecular weight excluding hydrogens is 736 g/mol. The van der Waals surface area contributed by atoms with Gasteiger partial charge in [0.2, 0.25) is 23.6 Å². The summed E-state index contributed by atoms with van der Waals surface area (Å²) in [7, 11) is 0. The molecule has 0 saturated heterocycles. The average molecular weight is 787 g/mol. The maximum atomic E-state index is 13.5. The van der Waals surface area contributed by atoms with Crippen molar-refractivity contribution in [1.82, 2.24) is 26.3 Å². The Labute approximate surface area is 328 Å². The van der Waals surface area contributed by atoms with Crippen LogP contribution in [0.4, 0.5) is 0 Å². The zero-order valence-corrected chi connectivity index (χ0v) is 31.2. The molecule has 0 radical (unpaired) electrons. The van der Waals surface area contributed by atoms with E-state index in [0.29, 0.717) is 0 Å². The number of guanidine groups is 1. The third-order valence-corrected chi connectivity index (χ3v) is 9.16. The van der Waals surface area contributed by atoms with E-state index in [-0.39, 0.29) is 56.7 Å². The number of amides is 4. The van der Waals surface area contributed by atoms with E-state index in [9.17, 15) is 44.4 Å². The highest BCUT2D eigenvalue weighted by Gasteiger charge is 2.33. The third kappa shape index (κ3) is 13.7. The first-order valence-corrected chi connectivity index (χ1v) is 18.5. The minimum absolute atomic E-state index is 0.0422. The molecule has 57 heavy (non-hydrogen) atoms. The number of carbonyl (C=O) groups excluding carboxylic acids is 4. The third-order valence-electron chi connectivity index (χ3n) is 9.16. The molecule has 1 aromatic heterocycles. The normalized spacial score (nSPS) is 14.2. The molecule has 0 aliphatic carbocycles. The van der Waals surface area contributed by atoms with E-state index in [4.69, 9.17) is 11.5 Å². The highest BCUT2D eigenvalue weighted by atomic mass is 16.4.